The van der Waals surface area contributed by atoms with Crippen molar-refractivity contribution in [3.63, 3.8) is 0 Å². The minimum atomic E-state index is -0.140. The maximum atomic E-state index is 12.4. The van der Waals surface area contributed by atoms with E-state index in [1.165, 1.54) is 0 Å². The van der Waals surface area contributed by atoms with E-state index in [0.717, 1.165) is 22.4 Å². The lowest BCUT2D eigenvalue weighted by atomic mass is 10.00. The van der Waals surface area contributed by atoms with E-state index in [9.17, 15) is 4.79 Å². The van der Waals surface area contributed by atoms with E-state index in [4.69, 9.17) is 11.6 Å². The number of anilines is 1. The molecule has 1 aromatic carbocycles. The summed E-state index contributed by atoms with van der Waals surface area (Å²) in [6, 6.07) is 7.69. The average Bonchev–Trinajstić information content (AvgIpc) is 2.40. The largest absolute Gasteiger partial charge is 0.269 e. The van der Waals surface area contributed by atoms with Crippen molar-refractivity contribution in [2.24, 2.45) is 4.99 Å². The molecule has 1 aliphatic rings. The van der Waals surface area contributed by atoms with Gasteiger partial charge in [0.05, 0.1) is 5.69 Å². The van der Waals surface area contributed by atoms with Crippen LogP contribution in [0, 0.1) is 6.92 Å². The fourth-order valence-electron chi connectivity index (χ4n) is 2.25. The second-order valence-electron chi connectivity index (χ2n) is 4.85. The van der Waals surface area contributed by atoms with Crippen LogP contribution in [0.1, 0.15) is 19.4 Å². The van der Waals surface area contributed by atoms with Crippen LogP contribution in [0.15, 0.2) is 64.3 Å². The molecule has 0 aliphatic carbocycles. The Hall–Kier alpha value is -2.13. The molecule has 4 heteroatoms. The van der Waals surface area contributed by atoms with Crippen LogP contribution in [0.3, 0.4) is 0 Å². The highest BCUT2D eigenvalue weighted by molar-refractivity contribution is 6.34. The smallest absolute Gasteiger partial charge is 0.257 e. The van der Waals surface area contributed by atoms with E-state index in [1.807, 2.05) is 51.1 Å². The molecule has 0 N–H and O–H groups in total. The molecule has 1 aliphatic heterocycles. The summed E-state index contributed by atoms with van der Waals surface area (Å²) >= 11 is 5.84. The first kappa shape index (κ1) is 15.3. The number of rotatable bonds is 2. The standard InChI is InChI=1S/C17H17ClN2O/c1-5-15-12(3)10-16(21)20(17(15)19-13(4)18)14-8-6-11(2)7-9-14/h5-10H,4H2,1-3H3/b15-5-,19-17+. The Morgan fingerprint density at radius 1 is 1.29 bits per heavy atom. The van der Waals surface area contributed by atoms with E-state index >= 15 is 0 Å². The summed E-state index contributed by atoms with van der Waals surface area (Å²) in [5.41, 5.74) is 3.62. The first-order chi connectivity index (χ1) is 9.93. The Balaban J connectivity index is 2.63. The van der Waals surface area contributed by atoms with Crippen molar-refractivity contribution in [2.45, 2.75) is 20.8 Å². The minimum Gasteiger partial charge on any atom is -0.269 e. The monoisotopic (exact) mass is 300 g/mol. The molecule has 0 saturated carbocycles. The molecule has 0 bridgehead atoms. The van der Waals surface area contributed by atoms with Gasteiger partial charge in [0.1, 0.15) is 11.0 Å². The van der Waals surface area contributed by atoms with Gasteiger partial charge < -0.3 is 0 Å². The van der Waals surface area contributed by atoms with Gasteiger partial charge in [-0.3, -0.25) is 9.69 Å². The number of allylic oxidation sites excluding steroid dienone is 1. The van der Waals surface area contributed by atoms with E-state index < -0.39 is 0 Å². The third-order valence-electron chi connectivity index (χ3n) is 3.25. The lowest BCUT2D eigenvalue weighted by molar-refractivity contribution is -0.113. The average molecular weight is 301 g/mol. The SMILES string of the molecule is C=C(Cl)/N=C1\C(=C/C)C(C)=CC(=O)N1c1ccc(C)cc1. The van der Waals surface area contributed by atoms with Crippen LogP contribution >= 0.6 is 11.6 Å². The number of hydrogen-bond acceptors (Lipinski definition) is 2. The van der Waals surface area contributed by atoms with E-state index in [1.54, 1.807) is 11.0 Å². The number of benzene rings is 1. The second-order valence-corrected chi connectivity index (χ2v) is 5.29. The number of aryl methyl sites for hydroxylation is 1. The molecule has 2 rings (SSSR count). The van der Waals surface area contributed by atoms with Crippen molar-refractivity contribution in [2.75, 3.05) is 4.90 Å². The van der Waals surface area contributed by atoms with Crippen molar-refractivity contribution < 1.29 is 4.79 Å². The molecule has 3 nitrogen and oxygen atoms in total. The zero-order valence-electron chi connectivity index (χ0n) is 12.4. The van der Waals surface area contributed by atoms with Crippen LogP contribution in [0.5, 0.6) is 0 Å². The van der Waals surface area contributed by atoms with E-state index in [0.29, 0.717) is 5.84 Å². The molecular formula is C17H17ClN2O. The summed E-state index contributed by atoms with van der Waals surface area (Å²) in [6.45, 7) is 9.39. The van der Waals surface area contributed by atoms with E-state index in [-0.39, 0.29) is 11.1 Å². The predicted octanol–water partition coefficient (Wildman–Crippen LogP) is 4.34. The van der Waals surface area contributed by atoms with Crippen LogP contribution < -0.4 is 4.90 Å². The first-order valence-electron chi connectivity index (χ1n) is 6.63. The highest BCUT2D eigenvalue weighted by Crippen LogP contribution is 2.27. The lowest BCUT2D eigenvalue weighted by Gasteiger charge is -2.29. The molecule has 0 aromatic heterocycles. The van der Waals surface area contributed by atoms with Crippen molar-refractivity contribution in [1.29, 1.82) is 0 Å². The number of amidine groups is 1. The van der Waals surface area contributed by atoms with Gasteiger partial charge in [-0.2, -0.15) is 0 Å². The van der Waals surface area contributed by atoms with Crippen molar-refractivity contribution in [3.05, 3.63) is 64.9 Å². The van der Waals surface area contributed by atoms with Gasteiger partial charge >= 0.3 is 0 Å². The van der Waals surface area contributed by atoms with Crippen LogP contribution in [0.4, 0.5) is 5.69 Å². The molecule has 1 heterocycles. The van der Waals surface area contributed by atoms with Gasteiger partial charge in [-0.15, -0.1) is 0 Å². The van der Waals surface area contributed by atoms with Crippen molar-refractivity contribution in [3.8, 4) is 0 Å². The number of amides is 1. The molecule has 0 saturated heterocycles. The highest BCUT2D eigenvalue weighted by Gasteiger charge is 2.28. The minimum absolute atomic E-state index is 0.140. The van der Waals surface area contributed by atoms with Crippen LogP contribution in [-0.2, 0) is 4.79 Å². The molecule has 1 amide bonds. The molecule has 0 spiro atoms. The Kier molecular flexibility index (Phi) is 4.43. The summed E-state index contributed by atoms with van der Waals surface area (Å²) in [7, 11) is 0. The molecule has 0 radical (unpaired) electrons. The van der Waals surface area contributed by atoms with Crippen LogP contribution in [0.2, 0.25) is 0 Å². The highest BCUT2D eigenvalue weighted by atomic mass is 35.5. The third kappa shape index (κ3) is 3.14. The van der Waals surface area contributed by atoms with Gasteiger partial charge in [0.25, 0.3) is 5.91 Å². The van der Waals surface area contributed by atoms with Crippen molar-refractivity contribution in [1.82, 2.24) is 0 Å². The Bertz CT molecular complexity index is 681. The zero-order chi connectivity index (χ0) is 15.6. The number of carbonyl (C=O) groups is 1. The fourth-order valence-corrected chi connectivity index (χ4v) is 2.33. The van der Waals surface area contributed by atoms with Gasteiger partial charge in [-0.25, -0.2) is 4.99 Å². The molecule has 0 fully saturated rings. The summed E-state index contributed by atoms with van der Waals surface area (Å²) in [5.74, 6) is 0.366. The molecule has 0 unspecified atom stereocenters. The Morgan fingerprint density at radius 2 is 1.90 bits per heavy atom. The Labute approximate surface area is 129 Å². The topological polar surface area (TPSA) is 32.7 Å². The number of carbonyl (C=O) groups excluding carboxylic acids is 1. The summed E-state index contributed by atoms with van der Waals surface area (Å²) < 4.78 is 0. The van der Waals surface area contributed by atoms with Gasteiger partial charge in [-0.05, 0) is 38.5 Å². The van der Waals surface area contributed by atoms with Gasteiger partial charge in [0.2, 0.25) is 0 Å². The predicted molar refractivity (Wildman–Crippen MR) is 88.6 cm³/mol. The molecular weight excluding hydrogens is 284 g/mol. The number of aliphatic imine (C=N–C) groups is 1. The molecule has 21 heavy (non-hydrogen) atoms. The molecule has 0 atom stereocenters. The summed E-state index contributed by atoms with van der Waals surface area (Å²) in [6.07, 6.45) is 3.52. The third-order valence-corrected chi connectivity index (χ3v) is 3.33. The fraction of sp³-hybridized carbons (Fsp3) is 0.176. The second kappa shape index (κ2) is 6.10. The van der Waals surface area contributed by atoms with Gasteiger partial charge in [0.15, 0.2) is 0 Å². The number of hydrogen-bond donors (Lipinski definition) is 0. The molecule has 108 valence electrons. The Morgan fingerprint density at radius 3 is 2.43 bits per heavy atom. The van der Waals surface area contributed by atoms with Gasteiger partial charge in [0, 0.05) is 11.6 Å². The van der Waals surface area contributed by atoms with Crippen LogP contribution in [-0.4, -0.2) is 11.7 Å². The maximum absolute atomic E-state index is 12.4. The summed E-state index contributed by atoms with van der Waals surface area (Å²) in [5, 5.41) is 0.143. The molecule has 1 aromatic rings. The normalized spacial score (nSPS) is 19.1. The lowest BCUT2D eigenvalue weighted by Crippen LogP contribution is -2.40. The van der Waals surface area contributed by atoms with Crippen molar-refractivity contribution >= 4 is 29.0 Å². The summed E-state index contributed by atoms with van der Waals surface area (Å²) in [4.78, 5) is 18.2. The number of halogens is 1. The van der Waals surface area contributed by atoms with Gasteiger partial charge in [-0.1, -0.05) is 42.0 Å². The van der Waals surface area contributed by atoms with Crippen LogP contribution in [0.25, 0.3) is 0 Å². The maximum Gasteiger partial charge on any atom is 0.257 e. The number of nitrogens with zero attached hydrogens (tertiary/aromatic N) is 2. The quantitative estimate of drug-likeness (QED) is 0.748. The first-order valence-corrected chi connectivity index (χ1v) is 7.01. The zero-order valence-corrected chi connectivity index (χ0v) is 13.1. The van der Waals surface area contributed by atoms with E-state index in [2.05, 4.69) is 11.6 Å².